The van der Waals surface area contributed by atoms with Gasteiger partial charge in [-0.25, -0.2) is 0 Å². The lowest BCUT2D eigenvalue weighted by Crippen LogP contribution is -2.63. The number of nitrogens with one attached hydrogen (secondary N) is 1. The fourth-order valence-corrected chi connectivity index (χ4v) is 11.8. The third-order valence-corrected chi connectivity index (χ3v) is 15.2. The summed E-state index contributed by atoms with van der Waals surface area (Å²) in [5.41, 5.74) is 2.02. The number of carbonyl (C=O) groups excluding carboxylic acids is 1. The molecule has 0 bridgehead atoms. The molecule has 0 spiro atoms. The van der Waals surface area contributed by atoms with Gasteiger partial charge in [-0.3, -0.25) is 4.79 Å². The summed E-state index contributed by atoms with van der Waals surface area (Å²) in [5.74, 6) is 2.54. The Hall–Kier alpha value is -1.43. The van der Waals surface area contributed by atoms with Gasteiger partial charge >= 0.3 is 0 Å². The lowest BCUT2D eigenvalue weighted by molar-refractivity contribution is -0.923. The Balaban J connectivity index is 1.24. The molecule has 4 saturated carbocycles. The first-order chi connectivity index (χ1) is 21.6. The molecule has 0 unspecified atom stereocenters. The summed E-state index contributed by atoms with van der Waals surface area (Å²) in [6.45, 7) is 25.8. The minimum Gasteiger partial charge on any atom is -0.393 e. The Bertz CT molecular complexity index is 1180. The summed E-state index contributed by atoms with van der Waals surface area (Å²) in [6, 6.07) is 8.22. The van der Waals surface area contributed by atoms with Crippen LogP contribution < -0.4 is 5.32 Å². The summed E-state index contributed by atoms with van der Waals surface area (Å²) in [6.07, 6.45) is 8.83. The molecule has 3 N–H and O–H groups in total. The number of fused-ring (bicyclic) bond motifs is 5. The molecule has 4 aliphatic carbocycles. The van der Waals surface area contributed by atoms with E-state index >= 15 is 0 Å². The highest BCUT2D eigenvalue weighted by molar-refractivity contribution is 5.94. The number of benzene rings is 1. The van der Waals surface area contributed by atoms with Gasteiger partial charge in [0.25, 0.3) is 5.91 Å². The van der Waals surface area contributed by atoms with Crippen molar-refractivity contribution in [3.8, 4) is 0 Å². The zero-order chi connectivity index (χ0) is 33.7. The van der Waals surface area contributed by atoms with Crippen LogP contribution >= 0.6 is 0 Å². The molecule has 5 rings (SSSR count). The molecule has 4 aliphatic rings. The van der Waals surface area contributed by atoms with E-state index in [0.717, 1.165) is 44.1 Å². The van der Waals surface area contributed by atoms with E-state index in [1.54, 1.807) is 0 Å². The van der Waals surface area contributed by atoms with Crippen molar-refractivity contribution in [1.29, 1.82) is 0 Å². The molecule has 0 aromatic heterocycles. The van der Waals surface area contributed by atoms with Gasteiger partial charge in [-0.15, -0.1) is 0 Å². The zero-order valence-corrected chi connectivity index (χ0v) is 30.9. The van der Waals surface area contributed by atoms with E-state index in [1.165, 1.54) is 55.5 Å². The van der Waals surface area contributed by atoms with Crippen LogP contribution in [0.25, 0.3) is 0 Å². The molecular formula is C41H69N2O3+. The number of amides is 1. The molecule has 46 heavy (non-hydrogen) atoms. The molecule has 1 aromatic rings. The molecule has 5 nitrogen and oxygen atoms in total. The number of rotatable bonds is 10. The van der Waals surface area contributed by atoms with Crippen LogP contribution in [0.2, 0.25) is 0 Å². The average Bonchev–Trinajstić information content (AvgIpc) is 3.38. The van der Waals surface area contributed by atoms with Crippen LogP contribution in [-0.4, -0.2) is 65.0 Å². The van der Waals surface area contributed by atoms with Gasteiger partial charge in [-0.2, -0.15) is 0 Å². The van der Waals surface area contributed by atoms with Crippen molar-refractivity contribution >= 4 is 5.91 Å². The van der Waals surface area contributed by atoms with Gasteiger partial charge in [0.05, 0.1) is 38.4 Å². The molecule has 1 amide bonds. The number of hydrogen-bond donors (Lipinski definition) is 3. The van der Waals surface area contributed by atoms with E-state index in [1.807, 2.05) is 12.1 Å². The van der Waals surface area contributed by atoms with Crippen LogP contribution in [0.3, 0.4) is 0 Å². The molecule has 4 fully saturated rings. The Morgan fingerprint density at radius 3 is 2.22 bits per heavy atom. The van der Waals surface area contributed by atoms with Crippen LogP contribution in [0.4, 0.5) is 0 Å². The quantitative estimate of drug-likeness (QED) is 0.228. The Morgan fingerprint density at radius 2 is 1.61 bits per heavy atom. The maximum atomic E-state index is 13.3. The van der Waals surface area contributed by atoms with Crippen LogP contribution in [0.5, 0.6) is 0 Å². The molecule has 260 valence electrons. The van der Waals surface area contributed by atoms with Gasteiger partial charge in [0.2, 0.25) is 0 Å². The van der Waals surface area contributed by atoms with Crippen molar-refractivity contribution in [1.82, 2.24) is 5.32 Å². The first-order valence-electron chi connectivity index (χ1n) is 19.3. The Kier molecular flexibility index (Phi) is 10.5. The molecule has 0 radical (unpaired) electrons. The normalized spacial score (nSPS) is 38.4. The van der Waals surface area contributed by atoms with Crippen LogP contribution in [0.1, 0.15) is 136 Å². The minimum atomic E-state index is -0.315. The third kappa shape index (κ3) is 6.36. The number of quaternary nitrogens is 1. The van der Waals surface area contributed by atoms with Crippen molar-refractivity contribution in [2.75, 3.05) is 26.2 Å². The van der Waals surface area contributed by atoms with Crippen LogP contribution in [-0.2, 0) is 5.41 Å². The fraction of sp³-hybridized carbons (Fsp3) is 0.829. The fourth-order valence-electron chi connectivity index (χ4n) is 11.8. The second kappa shape index (κ2) is 13.5. The third-order valence-electron chi connectivity index (χ3n) is 15.2. The monoisotopic (exact) mass is 638 g/mol. The number of carbonyl (C=O) groups is 1. The van der Waals surface area contributed by atoms with E-state index < -0.39 is 0 Å². The van der Waals surface area contributed by atoms with E-state index in [4.69, 9.17) is 0 Å². The lowest BCUT2D eigenvalue weighted by atomic mass is 9.43. The highest BCUT2D eigenvalue weighted by atomic mass is 16.3. The van der Waals surface area contributed by atoms with Gasteiger partial charge in [0.15, 0.2) is 0 Å². The van der Waals surface area contributed by atoms with Crippen molar-refractivity contribution in [3.05, 3.63) is 35.4 Å². The molecule has 0 saturated heterocycles. The number of aliphatic hydroxyl groups is 2. The first-order valence-corrected chi connectivity index (χ1v) is 19.3. The highest BCUT2D eigenvalue weighted by Gasteiger charge is 2.65. The summed E-state index contributed by atoms with van der Waals surface area (Å²) in [5, 5.41) is 27.4. The summed E-state index contributed by atoms with van der Waals surface area (Å²) < 4.78 is 1.21. The predicted molar refractivity (Wildman–Crippen MR) is 190 cm³/mol. The molecular weight excluding hydrogens is 568 g/mol. The Morgan fingerprint density at radius 1 is 0.957 bits per heavy atom. The molecule has 0 aliphatic heterocycles. The molecule has 11 atom stereocenters. The van der Waals surface area contributed by atoms with Gasteiger partial charge in [-0.05, 0) is 148 Å². The highest BCUT2D eigenvalue weighted by Crippen LogP contribution is 2.68. The van der Waals surface area contributed by atoms with E-state index in [0.29, 0.717) is 29.6 Å². The largest absolute Gasteiger partial charge is 0.393 e. The van der Waals surface area contributed by atoms with Gasteiger partial charge in [0, 0.05) is 11.6 Å². The van der Waals surface area contributed by atoms with Gasteiger partial charge < -0.3 is 20.0 Å². The molecule has 5 heteroatoms. The lowest BCUT2D eigenvalue weighted by Gasteiger charge is -2.63. The summed E-state index contributed by atoms with van der Waals surface area (Å²) in [7, 11) is 0. The average molecular weight is 638 g/mol. The maximum Gasteiger partial charge on any atom is 0.251 e. The zero-order valence-electron chi connectivity index (χ0n) is 30.9. The van der Waals surface area contributed by atoms with Crippen molar-refractivity contribution in [2.45, 2.75) is 144 Å². The number of nitrogens with zero attached hydrogens (tertiary/aromatic N) is 1. The van der Waals surface area contributed by atoms with Crippen molar-refractivity contribution in [3.63, 3.8) is 0 Å². The number of hydrogen-bond acceptors (Lipinski definition) is 3. The molecule has 0 heterocycles. The predicted octanol–water partition coefficient (Wildman–Crippen LogP) is 7.98. The second-order valence-electron chi connectivity index (χ2n) is 18.0. The standard InChI is InChI=1S/C41H68N2O3/c1-10-43(11-2,12-3)23-13-14-27(4)32-19-20-33-37-34(26-36(45)41(32,33)9)40(8)22-21-31(24-30(40)25-35(37)44)42-38(46)28-15-17-29(18-16-28)39(5,6)7/h15-18,27,30-37,44-45H,10-14,19-26H2,1-9H3/p+1/t27-,30+,31+,32-,33+,34+,35-,36+,37+,40+,41-/m1/s1. The van der Waals surface area contributed by atoms with Crippen LogP contribution in [0.15, 0.2) is 24.3 Å². The van der Waals surface area contributed by atoms with Crippen molar-refractivity contribution in [2.24, 2.45) is 46.3 Å². The first kappa shape index (κ1) is 35.9. The van der Waals surface area contributed by atoms with E-state index in [-0.39, 0.29) is 46.3 Å². The maximum absolute atomic E-state index is 13.3. The summed E-state index contributed by atoms with van der Waals surface area (Å²) in [4.78, 5) is 13.3. The SMILES string of the molecule is CC[N+](CC)(CC)CCC[C@@H](C)[C@H]1CC[C@H]2[C@@H]3[C@H](O)C[C@@H]4C[C@@H](NC(=O)c5ccc(C(C)(C)C)cc5)CC[C@]4(C)[C@H]3C[C@H](O)[C@]12C. The van der Waals surface area contributed by atoms with E-state index in [9.17, 15) is 15.0 Å². The van der Waals surface area contributed by atoms with Gasteiger partial charge in [0.1, 0.15) is 0 Å². The van der Waals surface area contributed by atoms with Crippen LogP contribution in [0, 0.1) is 46.3 Å². The topological polar surface area (TPSA) is 69.6 Å². The minimum absolute atomic E-state index is 0.0157. The van der Waals surface area contributed by atoms with Crippen molar-refractivity contribution < 1.29 is 19.5 Å². The second-order valence-corrected chi connectivity index (χ2v) is 18.0. The van der Waals surface area contributed by atoms with Gasteiger partial charge in [-0.1, -0.05) is 53.7 Å². The van der Waals surface area contributed by atoms with E-state index in [2.05, 4.69) is 79.8 Å². The summed E-state index contributed by atoms with van der Waals surface area (Å²) >= 11 is 0. The molecule has 1 aromatic carbocycles. The smallest absolute Gasteiger partial charge is 0.251 e. The Labute approximate surface area is 281 Å². The number of aliphatic hydroxyl groups excluding tert-OH is 2.